The molecule has 0 amide bonds. The number of hydrogen-bond donors (Lipinski definition) is 0. The highest BCUT2D eigenvalue weighted by molar-refractivity contribution is 7.88. The molecule has 0 heterocycles. The lowest BCUT2D eigenvalue weighted by molar-refractivity contribution is -0.265. The molecule has 7 aromatic carbocycles. The van der Waals surface area contributed by atoms with Crippen molar-refractivity contribution in [3.8, 4) is 34.5 Å². The molecular formula is C40H24N6O14S3. The Morgan fingerprint density at radius 3 is 1.40 bits per heavy atom. The summed E-state index contributed by atoms with van der Waals surface area (Å²) in [4.78, 5) is 19.7. The Labute approximate surface area is 355 Å². The van der Waals surface area contributed by atoms with Gasteiger partial charge in [-0.25, -0.2) is 4.79 Å². The minimum Gasteiger partial charge on any atom is -0.867 e. The second-order valence-corrected chi connectivity index (χ2v) is 17.7. The smallest absolute Gasteiger partial charge is 0.379 e. The Morgan fingerprint density at radius 2 is 0.937 bits per heavy atom. The molecule has 7 rings (SSSR count). The fourth-order valence-corrected chi connectivity index (χ4v) is 9.88. The first-order valence-corrected chi connectivity index (χ1v) is 22.1. The van der Waals surface area contributed by atoms with Crippen LogP contribution in [-0.2, 0) is 35.1 Å². The quantitative estimate of drug-likeness (QED) is 0.0700. The van der Waals surface area contributed by atoms with Gasteiger partial charge in [-0.3, -0.25) is 0 Å². The molecule has 63 heavy (non-hydrogen) atoms. The largest absolute Gasteiger partial charge is 0.867 e. The molecule has 0 atom stereocenters. The molecule has 0 aliphatic heterocycles. The lowest BCUT2D eigenvalue weighted by atomic mass is 10.1. The van der Waals surface area contributed by atoms with Crippen LogP contribution in [-0.4, -0.2) is 37.8 Å². The Balaban J connectivity index is 1.50. The second-order valence-electron chi connectivity index (χ2n) is 13.1. The van der Waals surface area contributed by atoms with Crippen LogP contribution in [0, 0.1) is 16.2 Å². The summed E-state index contributed by atoms with van der Waals surface area (Å²) >= 11 is 0. The van der Waals surface area contributed by atoms with Crippen LogP contribution < -0.4 is 27.9 Å². The molecule has 0 saturated heterocycles. The number of benzene rings is 7. The summed E-state index contributed by atoms with van der Waals surface area (Å²) in [5.41, 5.74) is -2.35. The van der Waals surface area contributed by atoms with Gasteiger partial charge in [0.25, 0.3) is 0 Å². The maximum atomic E-state index is 14.4. The van der Waals surface area contributed by atoms with Crippen LogP contribution in [0.2, 0.25) is 0 Å². The lowest BCUT2D eigenvalue weighted by Gasteiger charge is -2.19. The molecule has 316 valence electrons. The van der Waals surface area contributed by atoms with Gasteiger partial charge in [-0.05, 0) is 64.1 Å². The third-order valence-corrected chi connectivity index (χ3v) is 13.1. The van der Waals surface area contributed by atoms with Crippen molar-refractivity contribution in [1.82, 2.24) is 0 Å². The summed E-state index contributed by atoms with van der Waals surface area (Å²) in [6.45, 7) is 1.43. The standard InChI is InChI=1S/C40H24N6O14S3/c1-2-17-57-40(50)21-18-31(58-61(51,52)33-11-5-9-26-23(33)13-15-28(44-41)36(26)47)39(60-63(55,56)35-20-30(46-43)38(49)25-8-4-3-7-22(25)35)32(19-21)59-62(53,54)34-12-6-10-27-24(34)14-16-29(45-42)37(27)48/h3-16,18-20H,2,17H2,1H3. The van der Waals surface area contributed by atoms with Gasteiger partial charge in [-0.1, -0.05) is 55.5 Å². The monoisotopic (exact) mass is 908 g/mol. The number of diazo groups is 3. The zero-order valence-corrected chi connectivity index (χ0v) is 34.3. The number of fused-ring (bicyclic) bond motifs is 3. The number of esters is 1. The summed E-state index contributed by atoms with van der Waals surface area (Å²) < 4.78 is 107. The molecule has 0 unspecified atom stereocenters. The van der Waals surface area contributed by atoms with Crippen molar-refractivity contribution in [2.45, 2.75) is 28.0 Å². The summed E-state index contributed by atoms with van der Waals surface area (Å²) in [5.74, 6) is -7.65. The van der Waals surface area contributed by atoms with Gasteiger partial charge in [0.15, 0.2) is 26.4 Å². The number of nitrogens with zero attached hydrogens (tertiary/aromatic N) is 6. The van der Waals surface area contributed by atoms with E-state index >= 15 is 0 Å². The SMILES string of the molecule is CCCOC(=O)c1cc(OS(=O)(=O)c2cccc3c([O-])c([N+]#N)ccc23)c(OS(=O)(=O)c2cc([N+]#N)c([O-])c3ccccc23)c(OS(=O)(=O)c2cccc3c([O-])c([N+]#N)ccc23)c1. The number of carbonyl (C=O) groups is 1. The topological polar surface area (TPSA) is 310 Å². The van der Waals surface area contributed by atoms with Gasteiger partial charge in [0.05, 0.1) is 18.2 Å². The molecule has 0 radical (unpaired) electrons. The zero-order chi connectivity index (χ0) is 45.4. The lowest BCUT2D eigenvalue weighted by Crippen LogP contribution is -2.18. The van der Waals surface area contributed by atoms with Crippen molar-refractivity contribution >= 4 is 85.7 Å². The van der Waals surface area contributed by atoms with Crippen LogP contribution in [0.1, 0.15) is 23.7 Å². The molecule has 0 spiro atoms. The van der Waals surface area contributed by atoms with Crippen LogP contribution in [0.4, 0.5) is 17.1 Å². The fourth-order valence-electron chi connectivity index (χ4n) is 6.42. The Bertz CT molecular complexity index is 3430. The fraction of sp³-hybridized carbons (Fsp3) is 0.0750. The van der Waals surface area contributed by atoms with E-state index in [2.05, 4.69) is 14.9 Å². The van der Waals surface area contributed by atoms with Gasteiger partial charge in [-0.2, -0.15) is 25.3 Å². The van der Waals surface area contributed by atoms with Gasteiger partial charge in [0, 0.05) is 40.4 Å². The number of carbonyl (C=O) groups excluding carboxylic acids is 1. The van der Waals surface area contributed by atoms with E-state index in [0.717, 1.165) is 48.5 Å². The van der Waals surface area contributed by atoms with Crippen molar-refractivity contribution in [3.63, 3.8) is 0 Å². The van der Waals surface area contributed by atoms with Crippen molar-refractivity contribution in [2.24, 2.45) is 0 Å². The normalized spacial score (nSPS) is 11.7. The van der Waals surface area contributed by atoms with Gasteiger partial charge >= 0.3 is 53.4 Å². The van der Waals surface area contributed by atoms with E-state index in [1.807, 2.05) is 0 Å². The van der Waals surface area contributed by atoms with Crippen molar-refractivity contribution in [3.05, 3.63) is 124 Å². The third-order valence-electron chi connectivity index (χ3n) is 9.26. The molecule has 0 N–H and O–H groups in total. The predicted octanol–water partition coefficient (Wildman–Crippen LogP) is 6.69. The maximum absolute atomic E-state index is 14.4. The second kappa shape index (κ2) is 16.3. The Hall–Kier alpha value is -8.30. The van der Waals surface area contributed by atoms with Gasteiger partial charge < -0.3 is 32.6 Å². The van der Waals surface area contributed by atoms with E-state index in [1.165, 1.54) is 36.4 Å². The molecule has 23 heteroatoms. The van der Waals surface area contributed by atoms with Crippen LogP contribution >= 0.6 is 0 Å². The molecule has 0 bridgehead atoms. The summed E-state index contributed by atoms with van der Waals surface area (Å²) in [6, 6.07) is 17.9. The minimum atomic E-state index is -5.44. The van der Waals surface area contributed by atoms with Crippen LogP contribution in [0.15, 0.2) is 118 Å². The molecule has 0 aliphatic rings. The summed E-state index contributed by atoms with van der Waals surface area (Å²) in [5, 5.41) is 65.4. The van der Waals surface area contributed by atoms with E-state index in [1.54, 1.807) is 6.92 Å². The summed E-state index contributed by atoms with van der Waals surface area (Å²) in [7, 11) is -16.0. The first-order chi connectivity index (χ1) is 30.0. The number of ether oxygens (including phenoxy) is 1. The average molecular weight is 909 g/mol. The Morgan fingerprint density at radius 1 is 0.524 bits per heavy atom. The molecule has 20 nitrogen and oxygen atoms in total. The summed E-state index contributed by atoms with van der Waals surface area (Å²) in [6.07, 6.45) is 0.279. The van der Waals surface area contributed by atoms with Crippen LogP contribution in [0.5, 0.6) is 34.5 Å². The van der Waals surface area contributed by atoms with Gasteiger partial charge in [0.1, 0.15) is 14.7 Å². The molecule has 0 aromatic heterocycles. The van der Waals surface area contributed by atoms with Crippen molar-refractivity contribution in [2.75, 3.05) is 6.61 Å². The van der Waals surface area contributed by atoms with E-state index in [9.17, 15) is 61.5 Å². The predicted molar refractivity (Wildman–Crippen MR) is 215 cm³/mol. The number of rotatable bonds is 12. The van der Waals surface area contributed by atoms with Crippen LogP contribution in [0.25, 0.3) is 47.2 Å². The van der Waals surface area contributed by atoms with E-state index in [-0.39, 0.29) is 45.3 Å². The average Bonchev–Trinajstić information content (AvgIpc) is 3.26. The van der Waals surface area contributed by atoms with Crippen molar-refractivity contribution < 1.29 is 62.7 Å². The first kappa shape index (κ1) is 42.8. The van der Waals surface area contributed by atoms with Gasteiger partial charge in [-0.15, -0.1) is 0 Å². The van der Waals surface area contributed by atoms with E-state index in [0.29, 0.717) is 18.2 Å². The van der Waals surface area contributed by atoms with Crippen LogP contribution in [0.3, 0.4) is 0 Å². The first-order valence-electron chi connectivity index (χ1n) is 17.9. The highest BCUT2D eigenvalue weighted by Crippen LogP contribution is 2.46. The van der Waals surface area contributed by atoms with E-state index < -0.39 is 108 Å². The molecule has 0 aliphatic carbocycles. The van der Waals surface area contributed by atoms with E-state index in [4.69, 9.17) is 17.3 Å². The Kier molecular flexibility index (Phi) is 11.1. The maximum Gasteiger partial charge on any atom is 0.379 e. The van der Waals surface area contributed by atoms with Crippen molar-refractivity contribution in [1.29, 1.82) is 16.2 Å². The highest BCUT2D eigenvalue weighted by Gasteiger charge is 2.34. The highest BCUT2D eigenvalue weighted by atomic mass is 32.2. The molecule has 0 saturated carbocycles. The van der Waals surface area contributed by atoms with Gasteiger partial charge in [0.2, 0.25) is 21.9 Å². The minimum absolute atomic E-state index is 0.208. The molecule has 0 fully saturated rings. The third kappa shape index (κ3) is 7.79. The molecule has 7 aromatic rings. The molecular weight excluding hydrogens is 885 g/mol. The number of hydrogen-bond acceptors (Lipinski definition) is 17. The zero-order valence-electron chi connectivity index (χ0n) is 31.9.